The van der Waals surface area contributed by atoms with Crippen molar-refractivity contribution in [1.29, 1.82) is 0 Å². The maximum Gasteiger partial charge on any atom is 0.251 e. The van der Waals surface area contributed by atoms with Gasteiger partial charge in [-0.3, -0.25) is 4.79 Å². The molecule has 4 rings (SSSR count). The molecule has 2 heteroatoms. The molecule has 116 valence electrons. The van der Waals surface area contributed by atoms with Gasteiger partial charge in [-0.2, -0.15) is 0 Å². The summed E-state index contributed by atoms with van der Waals surface area (Å²) in [5, 5.41) is 1.09. The molecule has 0 N–H and O–H groups in total. The summed E-state index contributed by atoms with van der Waals surface area (Å²) in [7, 11) is 1.82. The molecule has 0 amide bonds. The Balaban J connectivity index is 2.08. The predicted octanol–water partition coefficient (Wildman–Crippen LogP) is 4.87. The fourth-order valence-electron chi connectivity index (χ4n) is 3.22. The molecule has 1 heterocycles. The van der Waals surface area contributed by atoms with Crippen molar-refractivity contribution < 1.29 is 0 Å². The molecule has 0 aliphatic heterocycles. The summed E-state index contributed by atoms with van der Waals surface area (Å²) in [6.45, 7) is 0. The normalized spacial score (nSPS) is 10.9. The number of hydrogen-bond acceptors (Lipinski definition) is 1. The van der Waals surface area contributed by atoms with E-state index in [2.05, 4.69) is 30.3 Å². The number of pyridine rings is 1. The highest BCUT2D eigenvalue weighted by Crippen LogP contribution is 2.34. The number of rotatable bonds is 2. The number of benzene rings is 3. The average molecular weight is 311 g/mol. The third-order valence-corrected chi connectivity index (χ3v) is 4.46. The van der Waals surface area contributed by atoms with Crippen LogP contribution in [0, 0.1) is 0 Å². The number of para-hydroxylation sites is 1. The van der Waals surface area contributed by atoms with Gasteiger partial charge in [-0.1, -0.05) is 72.8 Å². The fourth-order valence-corrected chi connectivity index (χ4v) is 3.22. The smallest absolute Gasteiger partial charge is 0.251 e. The van der Waals surface area contributed by atoms with Gasteiger partial charge in [0.25, 0.3) is 5.56 Å². The number of aromatic nitrogens is 1. The molecule has 0 unspecified atom stereocenters. The Labute approximate surface area is 140 Å². The molecule has 24 heavy (non-hydrogen) atoms. The molecule has 0 aliphatic carbocycles. The number of aryl methyl sites for hydroxylation is 1. The Morgan fingerprint density at radius 2 is 1.29 bits per heavy atom. The standard InChI is InChI=1S/C22H17NO/c1-23-21-14-8-7-13-19(21)20(15-22(23)24)18-12-6-5-11-17(18)16-9-3-2-4-10-16/h2-15H,1H3. The van der Waals surface area contributed by atoms with Crippen LogP contribution in [0.25, 0.3) is 33.2 Å². The Morgan fingerprint density at radius 1 is 0.667 bits per heavy atom. The van der Waals surface area contributed by atoms with Gasteiger partial charge in [-0.25, -0.2) is 0 Å². The highest BCUT2D eigenvalue weighted by Gasteiger charge is 2.12. The number of fused-ring (bicyclic) bond motifs is 1. The van der Waals surface area contributed by atoms with Gasteiger partial charge in [-0.05, 0) is 28.3 Å². The zero-order valence-corrected chi connectivity index (χ0v) is 13.4. The van der Waals surface area contributed by atoms with Crippen molar-refractivity contribution in [3.8, 4) is 22.3 Å². The monoisotopic (exact) mass is 311 g/mol. The van der Waals surface area contributed by atoms with E-state index in [9.17, 15) is 4.79 Å². The summed E-state index contributed by atoms with van der Waals surface area (Å²) >= 11 is 0. The molecule has 0 aliphatic rings. The lowest BCUT2D eigenvalue weighted by Crippen LogP contribution is -2.16. The van der Waals surface area contributed by atoms with Crippen LogP contribution in [0.5, 0.6) is 0 Å². The van der Waals surface area contributed by atoms with E-state index in [1.807, 2.05) is 55.6 Å². The van der Waals surface area contributed by atoms with Crippen LogP contribution in [0.2, 0.25) is 0 Å². The van der Waals surface area contributed by atoms with Gasteiger partial charge in [0.1, 0.15) is 0 Å². The van der Waals surface area contributed by atoms with Crippen molar-refractivity contribution in [3.63, 3.8) is 0 Å². The van der Waals surface area contributed by atoms with Crippen LogP contribution < -0.4 is 5.56 Å². The molecule has 0 atom stereocenters. The van der Waals surface area contributed by atoms with Crippen LogP contribution in [0.4, 0.5) is 0 Å². The van der Waals surface area contributed by atoms with Gasteiger partial charge in [0.05, 0.1) is 5.52 Å². The summed E-state index contributed by atoms with van der Waals surface area (Å²) in [6, 6.07) is 28.3. The van der Waals surface area contributed by atoms with Crippen molar-refractivity contribution in [3.05, 3.63) is 95.3 Å². The van der Waals surface area contributed by atoms with E-state index in [1.165, 1.54) is 0 Å². The van der Waals surface area contributed by atoms with Crippen LogP contribution in [-0.4, -0.2) is 4.57 Å². The van der Waals surface area contributed by atoms with Crippen LogP contribution in [0.1, 0.15) is 0 Å². The van der Waals surface area contributed by atoms with E-state index in [0.29, 0.717) is 0 Å². The van der Waals surface area contributed by atoms with E-state index in [4.69, 9.17) is 0 Å². The molecule has 0 saturated carbocycles. The van der Waals surface area contributed by atoms with Crippen LogP contribution >= 0.6 is 0 Å². The lowest BCUT2D eigenvalue weighted by Gasteiger charge is -2.14. The summed E-state index contributed by atoms with van der Waals surface area (Å²) in [5.74, 6) is 0. The SMILES string of the molecule is Cn1c(=O)cc(-c2ccccc2-c2ccccc2)c2ccccc21. The molecule has 0 saturated heterocycles. The highest BCUT2D eigenvalue weighted by atomic mass is 16.1. The van der Waals surface area contributed by atoms with E-state index in [1.54, 1.807) is 10.6 Å². The molecule has 0 radical (unpaired) electrons. The van der Waals surface area contributed by atoms with Crippen molar-refractivity contribution in [1.82, 2.24) is 4.57 Å². The molecule has 0 spiro atoms. The maximum absolute atomic E-state index is 12.4. The lowest BCUT2D eigenvalue weighted by atomic mass is 9.93. The molecular formula is C22H17NO. The van der Waals surface area contributed by atoms with Crippen molar-refractivity contribution in [2.24, 2.45) is 7.05 Å². The van der Waals surface area contributed by atoms with Gasteiger partial charge >= 0.3 is 0 Å². The van der Waals surface area contributed by atoms with Crippen LogP contribution in [0.15, 0.2) is 89.7 Å². The van der Waals surface area contributed by atoms with Gasteiger partial charge in [0.2, 0.25) is 0 Å². The summed E-state index contributed by atoms with van der Waals surface area (Å²) in [5.41, 5.74) is 5.30. The minimum atomic E-state index is 0.00608. The Bertz CT molecular complexity index is 1080. The lowest BCUT2D eigenvalue weighted by molar-refractivity contribution is 0.907. The molecule has 0 fully saturated rings. The van der Waals surface area contributed by atoms with Crippen molar-refractivity contribution in [2.75, 3.05) is 0 Å². The topological polar surface area (TPSA) is 22.0 Å². The third-order valence-electron chi connectivity index (χ3n) is 4.46. The summed E-state index contributed by atoms with van der Waals surface area (Å²) < 4.78 is 1.70. The summed E-state index contributed by atoms with van der Waals surface area (Å²) in [6.07, 6.45) is 0. The van der Waals surface area contributed by atoms with Crippen molar-refractivity contribution in [2.45, 2.75) is 0 Å². The first-order chi connectivity index (χ1) is 11.8. The Hall–Kier alpha value is -3.13. The number of nitrogens with zero attached hydrogens (tertiary/aromatic N) is 1. The first-order valence-electron chi connectivity index (χ1n) is 7.99. The minimum Gasteiger partial charge on any atom is -0.311 e. The van der Waals surface area contributed by atoms with E-state index in [0.717, 1.165) is 33.2 Å². The molecule has 2 nitrogen and oxygen atoms in total. The Kier molecular flexibility index (Phi) is 3.51. The second-order valence-electron chi connectivity index (χ2n) is 5.88. The minimum absolute atomic E-state index is 0.00608. The second kappa shape index (κ2) is 5.82. The first-order valence-corrected chi connectivity index (χ1v) is 7.99. The van der Waals surface area contributed by atoms with Gasteiger partial charge in [0.15, 0.2) is 0 Å². The summed E-state index contributed by atoms with van der Waals surface area (Å²) in [4.78, 5) is 12.4. The quantitative estimate of drug-likeness (QED) is 0.517. The zero-order chi connectivity index (χ0) is 16.5. The largest absolute Gasteiger partial charge is 0.311 e. The van der Waals surface area contributed by atoms with Crippen molar-refractivity contribution >= 4 is 10.9 Å². The van der Waals surface area contributed by atoms with E-state index >= 15 is 0 Å². The molecule has 0 bridgehead atoms. The Morgan fingerprint density at radius 3 is 2.08 bits per heavy atom. The zero-order valence-electron chi connectivity index (χ0n) is 13.4. The maximum atomic E-state index is 12.4. The highest BCUT2D eigenvalue weighted by molar-refractivity contribution is 5.98. The third kappa shape index (κ3) is 2.33. The molecule has 3 aromatic carbocycles. The number of hydrogen-bond donors (Lipinski definition) is 0. The predicted molar refractivity (Wildman–Crippen MR) is 100 cm³/mol. The van der Waals surface area contributed by atoms with Gasteiger partial charge < -0.3 is 4.57 Å². The molecule has 4 aromatic rings. The van der Waals surface area contributed by atoms with Gasteiger partial charge in [-0.15, -0.1) is 0 Å². The fraction of sp³-hybridized carbons (Fsp3) is 0.0455. The average Bonchev–Trinajstić information content (AvgIpc) is 2.65. The van der Waals surface area contributed by atoms with Crippen LogP contribution in [0.3, 0.4) is 0 Å². The van der Waals surface area contributed by atoms with Gasteiger partial charge in [0, 0.05) is 18.5 Å². The van der Waals surface area contributed by atoms with Crippen LogP contribution in [-0.2, 0) is 7.05 Å². The first kappa shape index (κ1) is 14.5. The van der Waals surface area contributed by atoms with E-state index in [-0.39, 0.29) is 5.56 Å². The second-order valence-corrected chi connectivity index (χ2v) is 5.88. The molecule has 1 aromatic heterocycles. The molecular weight excluding hydrogens is 294 g/mol. The van der Waals surface area contributed by atoms with E-state index < -0.39 is 0 Å².